The maximum absolute atomic E-state index is 12.0. The largest absolute Gasteiger partial charge is 0.341 e. The fourth-order valence-corrected chi connectivity index (χ4v) is 2.10. The Morgan fingerprint density at radius 2 is 1.93 bits per heavy atom. The minimum absolute atomic E-state index is 0.134. The molecule has 1 aliphatic heterocycles. The highest BCUT2D eigenvalue weighted by molar-refractivity contribution is 7.81. The molecule has 1 aliphatic rings. The van der Waals surface area contributed by atoms with Gasteiger partial charge in [-0.3, -0.25) is 4.79 Å². The fraction of sp³-hybridized carbons (Fsp3) is 0.917. The summed E-state index contributed by atoms with van der Waals surface area (Å²) in [5.41, 5.74) is 0. The maximum Gasteiger partial charge on any atom is 0.235 e. The van der Waals surface area contributed by atoms with Crippen molar-refractivity contribution in [2.75, 3.05) is 13.1 Å². The molecule has 0 spiro atoms. The van der Waals surface area contributed by atoms with Crippen molar-refractivity contribution in [3.05, 3.63) is 0 Å². The maximum atomic E-state index is 12.0. The smallest absolute Gasteiger partial charge is 0.235 e. The van der Waals surface area contributed by atoms with E-state index in [-0.39, 0.29) is 11.2 Å². The van der Waals surface area contributed by atoms with Crippen LogP contribution in [0.4, 0.5) is 0 Å². The van der Waals surface area contributed by atoms with Crippen LogP contribution in [-0.2, 0) is 4.79 Å². The van der Waals surface area contributed by atoms with E-state index in [4.69, 9.17) is 0 Å². The third-order valence-electron chi connectivity index (χ3n) is 3.53. The molecule has 1 heterocycles. The molecule has 0 aromatic carbocycles. The number of nitrogens with zero attached hydrogens (tertiary/aromatic N) is 1. The van der Waals surface area contributed by atoms with Gasteiger partial charge >= 0.3 is 0 Å². The lowest BCUT2D eigenvalue weighted by Crippen LogP contribution is -2.46. The molecular weight excluding hydrogens is 206 g/mol. The van der Waals surface area contributed by atoms with Gasteiger partial charge in [0.2, 0.25) is 5.91 Å². The van der Waals surface area contributed by atoms with Crippen molar-refractivity contribution < 1.29 is 4.79 Å². The van der Waals surface area contributed by atoms with Crippen LogP contribution >= 0.6 is 12.6 Å². The van der Waals surface area contributed by atoms with Crippen LogP contribution < -0.4 is 0 Å². The average Bonchev–Trinajstić information content (AvgIpc) is 2.19. The second kappa shape index (κ2) is 5.24. The van der Waals surface area contributed by atoms with Gasteiger partial charge in [-0.05, 0) is 24.2 Å². The van der Waals surface area contributed by atoms with Crippen molar-refractivity contribution in [1.82, 2.24) is 4.90 Å². The van der Waals surface area contributed by atoms with E-state index in [2.05, 4.69) is 26.5 Å². The summed E-state index contributed by atoms with van der Waals surface area (Å²) in [6, 6.07) is 0. The first-order valence-corrected chi connectivity index (χ1v) is 6.42. The van der Waals surface area contributed by atoms with E-state index in [1.807, 2.05) is 18.7 Å². The Bertz CT molecular complexity index is 230. The Kier molecular flexibility index (Phi) is 4.50. The third-order valence-corrected chi connectivity index (χ3v) is 4.35. The van der Waals surface area contributed by atoms with E-state index in [1.54, 1.807) is 0 Å². The number of thiol groups is 1. The van der Waals surface area contributed by atoms with Crippen molar-refractivity contribution in [1.29, 1.82) is 0 Å². The highest BCUT2D eigenvalue weighted by Crippen LogP contribution is 2.24. The summed E-state index contributed by atoms with van der Waals surface area (Å²) < 4.78 is 0. The number of rotatable bonds is 2. The van der Waals surface area contributed by atoms with E-state index in [9.17, 15) is 4.79 Å². The SMILES string of the molecule is CC(C)C(S)C(=O)N1CCC(C)C(C)C1. The van der Waals surface area contributed by atoms with Gasteiger partial charge in [-0.15, -0.1) is 0 Å². The molecule has 3 heteroatoms. The molecule has 0 aromatic heterocycles. The summed E-state index contributed by atoms with van der Waals surface area (Å²) in [4.78, 5) is 14.0. The summed E-state index contributed by atoms with van der Waals surface area (Å²) in [6.07, 6.45) is 1.13. The lowest BCUT2D eigenvalue weighted by atomic mass is 9.88. The Balaban J connectivity index is 2.54. The lowest BCUT2D eigenvalue weighted by Gasteiger charge is -2.37. The zero-order valence-electron chi connectivity index (χ0n) is 10.2. The Morgan fingerprint density at radius 1 is 1.33 bits per heavy atom. The first kappa shape index (κ1) is 12.9. The third kappa shape index (κ3) is 3.13. The number of piperidine rings is 1. The van der Waals surface area contributed by atoms with E-state index in [0.717, 1.165) is 25.4 Å². The van der Waals surface area contributed by atoms with Crippen molar-refractivity contribution in [3.8, 4) is 0 Å². The molecule has 0 aromatic rings. The second-order valence-electron chi connectivity index (χ2n) is 5.22. The minimum Gasteiger partial charge on any atom is -0.341 e. The Hall–Kier alpha value is -0.180. The predicted molar refractivity (Wildman–Crippen MR) is 67.1 cm³/mol. The zero-order chi connectivity index (χ0) is 11.6. The van der Waals surface area contributed by atoms with Crippen molar-refractivity contribution >= 4 is 18.5 Å². The monoisotopic (exact) mass is 229 g/mol. The van der Waals surface area contributed by atoms with Gasteiger partial charge in [0.1, 0.15) is 0 Å². The van der Waals surface area contributed by atoms with Crippen molar-refractivity contribution in [3.63, 3.8) is 0 Å². The Morgan fingerprint density at radius 3 is 2.40 bits per heavy atom. The topological polar surface area (TPSA) is 20.3 Å². The van der Waals surface area contributed by atoms with Crippen LogP contribution in [0.3, 0.4) is 0 Å². The summed E-state index contributed by atoms with van der Waals surface area (Å²) in [6.45, 7) is 10.4. The molecule has 15 heavy (non-hydrogen) atoms. The van der Waals surface area contributed by atoms with Crippen molar-refractivity contribution in [2.24, 2.45) is 17.8 Å². The van der Waals surface area contributed by atoms with E-state index >= 15 is 0 Å². The van der Waals surface area contributed by atoms with Crippen LogP contribution in [0.2, 0.25) is 0 Å². The van der Waals surface area contributed by atoms with Crippen LogP contribution in [0.25, 0.3) is 0 Å². The van der Waals surface area contributed by atoms with Gasteiger partial charge in [-0.2, -0.15) is 12.6 Å². The summed E-state index contributed by atoms with van der Waals surface area (Å²) in [5.74, 6) is 1.89. The molecule has 0 N–H and O–H groups in total. The number of likely N-dealkylation sites (tertiary alicyclic amines) is 1. The first-order valence-electron chi connectivity index (χ1n) is 5.90. The van der Waals surface area contributed by atoms with E-state index in [1.165, 1.54) is 0 Å². The molecule has 1 rings (SSSR count). The second-order valence-corrected chi connectivity index (χ2v) is 5.77. The van der Waals surface area contributed by atoms with Gasteiger partial charge in [0, 0.05) is 13.1 Å². The highest BCUT2D eigenvalue weighted by Gasteiger charge is 2.29. The molecule has 88 valence electrons. The van der Waals surface area contributed by atoms with Crippen LogP contribution in [0.5, 0.6) is 0 Å². The van der Waals surface area contributed by atoms with Gasteiger partial charge in [-0.1, -0.05) is 27.7 Å². The number of carbonyl (C=O) groups excluding carboxylic acids is 1. The van der Waals surface area contributed by atoms with Gasteiger partial charge < -0.3 is 4.90 Å². The molecule has 0 aliphatic carbocycles. The molecule has 1 saturated heterocycles. The molecule has 2 nitrogen and oxygen atoms in total. The van der Waals surface area contributed by atoms with Gasteiger partial charge in [0.25, 0.3) is 0 Å². The van der Waals surface area contributed by atoms with Crippen LogP contribution in [0, 0.1) is 17.8 Å². The molecule has 3 unspecified atom stereocenters. The summed E-state index contributed by atoms with van der Waals surface area (Å²) >= 11 is 4.39. The molecule has 3 atom stereocenters. The van der Waals surface area contributed by atoms with Gasteiger partial charge in [0.05, 0.1) is 5.25 Å². The average molecular weight is 229 g/mol. The molecule has 1 amide bonds. The number of hydrogen-bond donors (Lipinski definition) is 1. The highest BCUT2D eigenvalue weighted by atomic mass is 32.1. The number of amides is 1. The quantitative estimate of drug-likeness (QED) is 0.721. The first-order chi connectivity index (χ1) is 6.93. The molecule has 0 saturated carbocycles. The van der Waals surface area contributed by atoms with E-state index in [0.29, 0.717) is 11.8 Å². The molecule has 1 fully saturated rings. The van der Waals surface area contributed by atoms with E-state index < -0.39 is 0 Å². The molecule has 0 bridgehead atoms. The summed E-state index contributed by atoms with van der Waals surface area (Å²) in [5, 5.41) is -0.134. The lowest BCUT2D eigenvalue weighted by molar-refractivity contribution is -0.133. The fourth-order valence-electron chi connectivity index (χ4n) is 1.94. The number of hydrogen-bond acceptors (Lipinski definition) is 2. The standard InChI is InChI=1S/C12H23NOS/c1-8(2)11(15)12(14)13-6-5-9(3)10(4)7-13/h8-11,15H,5-7H2,1-4H3. The van der Waals surface area contributed by atoms with Gasteiger partial charge in [0.15, 0.2) is 0 Å². The normalized spacial score (nSPS) is 29.3. The number of carbonyl (C=O) groups is 1. The minimum atomic E-state index is -0.134. The Labute approximate surface area is 98.8 Å². The van der Waals surface area contributed by atoms with Crippen molar-refractivity contribution in [2.45, 2.75) is 39.4 Å². The molecule has 0 radical (unpaired) electrons. The van der Waals surface area contributed by atoms with Crippen LogP contribution in [-0.4, -0.2) is 29.1 Å². The van der Waals surface area contributed by atoms with Crippen LogP contribution in [0.15, 0.2) is 0 Å². The van der Waals surface area contributed by atoms with Crippen LogP contribution in [0.1, 0.15) is 34.1 Å². The summed E-state index contributed by atoms with van der Waals surface area (Å²) in [7, 11) is 0. The molecular formula is C12H23NOS. The van der Waals surface area contributed by atoms with Gasteiger partial charge in [-0.25, -0.2) is 0 Å². The zero-order valence-corrected chi connectivity index (χ0v) is 11.1. The predicted octanol–water partition coefficient (Wildman–Crippen LogP) is 2.45.